The van der Waals surface area contributed by atoms with E-state index in [1.165, 1.54) is 7.11 Å². The number of pyridine rings is 1. The number of ether oxygens (including phenoxy) is 1. The van der Waals surface area contributed by atoms with Crippen LogP contribution in [0.2, 0.25) is 5.02 Å². The van der Waals surface area contributed by atoms with Crippen molar-refractivity contribution in [2.45, 2.75) is 6.54 Å². The Hall–Kier alpha value is -1.34. The Morgan fingerprint density at radius 1 is 1.40 bits per heavy atom. The van der Waals surface area contributed by atoms with Gasteiger partial charge in [0, 0.05) is 22.5 Å². The second-order valence-corrected chi connectivity index (χ2v) is 5.57. The average Bonchev–Trinajstić information content (AvgIpc) is 2.48. The zero-order chi connectivity index (χ0) is 14.5. The van der Waals surface area contributed by atoms with Crippen molar-refractivity contribution < 1.29 is 9.53 Å². The third kappa shape index (κ3) is 3.61. The summed E-state index contributed by atoms with van der Waals surface area (Å²) in [5, 5.41) is 3.36. The summed E-state index contributed by atoms with van der Waals surface area (Å²) >= 11 is 8.15. The van der Waals surface area contributed by atoms with Gasteiger partial charge in [0.05, 0.1) is 17.7 Å². The predicted octanol–water partition coefficient (Wildman–Crippen LogP) is 3.28. The molecular weight excluding hydrogens is 391 g/mol. The standard InChI is InChI=1S/C14H12ClIN2O2/c1-20-13-7-12(16)11(15)6-10(13)14(19)18-8-9-2-4-17-5-3-9/h2-7H,8H2,1H3,(H,18,19). The SMILES string of the molecule is COc1cc(I)c(Cl)cc1C(=O)NCc1ccncc1. The van der Waals surface area contributed by atoms with Gasteiger partial charge < -0.3 is 10.1 Å². The van der Waals surface area contributed by atoms with Gasteiger partial charge in [0.15, 0.2) is 0 Å². The molecule has 0 atom stereocenters. The van der Waals surface area contributed by atoms with Crippen LogP contribution in [0.25, 0.3) is 0 Å². The molecular formula is C14H12ClIN2O2. The third-order valence-corrected chi connectivity index (χ3v) is 4.21. The monoisotopic (exact) mass is 402 g/mol. The molecule has 0 spiro atoms. The lowest BCUT2D eigenvalue weighted by atomic mass is 10.2. The Balaban J connectivity index is 2.15. The van der Waals surface area contributed by atoms with Crippen molar-refractivity contribution in [3.8, 4) is 5.75 Å². The number of methoxy groups -OCH3 is 1. The molecule has 0 aliphatic carbocycles. The number of nitrogens with zero attached hydrogens (tertiary/aromatic N) is 1. The number of hydrogen-bond donors (Lipinski definition) is 1. The number of nitrogens with one attached hydrogen (secondary N) is 1. The quantitative estimate of drug-likeness (QED) is 0.799. The number of rotatable bonds is 4. The van der Waals surface area contributed by atoms with Gasteiger partial charge in [-0.25, -0.2) is 0 Å². The van der Waals surface area contributed by atoms with E-state index in [0.29, 0.717) is 22.9 Å². The summed E-state index contributed by atoms with van der Waals surface area (Å²) in [6, 6.07) is 7.05. The maximum atomic E-state index is 12.2. The lowest BCUT2D eigenvalue weighted by molar-refractivity contribution is 0.0948. The van der Waals surface area contributed by atoms with Crippen LogP contribution in [0.3, 0.4) is 0 Å². The highest BCUT2D eigenvalue weighted by Gasteiger charge is 2.14. The summed E-state index contributed by atoms with van der Waals surface area (Å²) in [5.74, 6) is 0.281. The van der Waals surface area contributed by atoms with Crippen molar-refractivity contribution in [2.24, 2.45) is 0 Å². The van der Waals surface area contributed by atoms with Crippen LogP contribution < -0.4 is 10.1 Å². The lowest BCUT2D eigenvalue weighted by Gasteiger charge is -2.11. The molecule has 0 fully saturated rings. The molecule has 0 aliphatic heterocycles. The van der Waals surface area contributed by atoms with Gasteiger partial charge in [-0.3, -0.25) is 9.78 Å². The summed E-state index contributed by atoms with van der Waals surface area (Å²) in [6.07, 6.45) is 3.37. The molecule has 0 radical (unpaired) electrons. The fourth-order valence-electron chi connectivity index (χ4n) is 1.65. The molecule has 104 valence electrons. The van der Waals surface area contributed by atoms with Crippen LogP contribution in [0.15, 0.2) is 36.7 Å². The number of amides is 1. The molecule has 1 N–H and O–H groups in total. The molecule has 1 aromatic heterocycles. The van der Waals surface area contributed by atoms with E-state index in [2.05, 4.69) is 32.9 Å². The zero-order valence-electron chi connectivity index (χ0n) is 10.7. The molecule has 0 aliphatic rings. The Morgan fingerprint density at radius 2 is 2.10 bits per heavy atom. The van der Waals surface area contributed by atoms with Crippen molar-refractivity contribution in [3.63, 3.8) is 0 Å². The smallest absolute Gasteiger partial charge is 0.255 e. The number of carbonyl (C=O) groups is 1. The summed E-state index contributed by atoms with van der Waals surface area (Å²) < 4.78 is 6.06. The van der Waals surface area contributed by atoms with Crippen LogP contribution in [-0.4, -0.2) is 18.0 Å². The maximum absolute atomic E-state index is 12.2. The van der Waals surface area contributed by atoms with Crippen LogP contribution in [0.5, 0.6) is 5.75 Å². The van der Waals surface area contributed by atoms with E-state index in [1.807, 2.05) is 12.1 Å². The van der Waals surface area contributed by atoms with Gasteiger partial charge in [-0.15, -0.1) is 0 Å². The normalized spacial score (nSPS) is 10.2. The van der Waals surface area contributed by atoms with Gasteiger partial charge in [0.2, 0.25) is 0 Å². The minimum atomic E-state index is -0.225. The van der Waals surface area contributed by atoms with Gasteiger partial charge in [-0.05, 0) is 52.4 Å². The summed E-state index contributed by atoms with van der Waals surface area (Å²) in [7, 11) is 1.53. The largest absolute Gasteiger partial charge is 0.496 e. The number of carbonyl (C=O) groups excluding carboxylic acids is 1. The van der Waals surface area contributed by atoms with Gasteiger partial charge in [-0.2, -0.15) is 0 Å². The average molecular weight is 403 g/mol. The summed E-state index contributed by atoms with van der Waals surface area (Å²) in [4.78, 5) is 16.1. The van der Waals surface area contributed by atoms with Crippen molar-refractivity contribution >= 4 is 40.1 Å². The first-order valence-corrected chi connectivity index (χ1v) is 7.27. The van der Waals surface area contributed by atoms with E-state index in [9.17, 15) is 4.79 Å². The van der Waals surface area contributed by atoms with E-state index in [4.69, 9.17) is 16.3 Å². The second kappa shape index (κ2) is 6.90. The highest BCUT2D eigenvalue weighted by atomic mass is 127. The Kier molecular flexibility index (Phi) is 5.19. The highest BCUT2D eigenvalue weighted by molar-refractivity contribution is 14.1. The molecule has 2 aromatic rings. The highest BCUT2D eigenvalue weighted by Crippen LogP contribution is 2.28. The Morgan fingerprint density at radius 3 is 2.75 bits per heavy atom. The fourth-order valence-corrected chi connectivity index (χ4v) is 2.26. The van der Waals surface area contributed by atoms with E-state index < -0.39 is 0 Å². The number of halogens is 2. The molecule has 2 rings (SSSR count). The van der Waals surface area contributed by atoms with Gasteiger partial charge in [-0.1, -0.05) is 11.6 Å². The molecule has 0 unspecified atom stereocenters. The van der Waals surface area contributed by atoms with E-state index >= 15 is 0 Å². The molecule has 1 heterocycles. The Labute approximate surface area is 135 Å². The minimum absolute atomic E-state index is 0.225. The number of benzene rings is 1. The second-order valence-electron chi connectivity index (χ2n) is 4.00. The van der Waals surface area contributed by atoms with Gasteiger partial charge in [0.1, 0.15) is 5.75 Å². The minimum Gasteiger partial charge on any atom is -0.496 e. The molecule has 4 nitrogen and oxygen atoms in total. The first-order chi connectivity index (χ1) is 9.61. The van der Waals surface area contributed by atoms with Crippen molar-refractivity contribution in [1.82, 2.24) is 10.3 Å². The molecule has 20 heavy (non-hydrogen) atoms. The zero-order valence-corrected chi connectivity index (χ0v) is 13.6. The first kappa shape index (κ1) is 15.1. The number of hydrogen-bond acceptors (Lipinski definition) is 3. The van der Waals surface area contributed by atoms with Crippen LogP contribution in [0, 0.1) is 3.57 Å². The Bertz CT molecular complexity index is 620. The fraction of sp³-hybridized carbons (Fsp3) is 0.143. The predicted molar refractivity (Wildman–Crippen MR) is 86.1 cm³/mol. The first-order valence-electron chi connectivity index (χ1n) is 5.82. The van der Waals surface area contributed by atoms with Crippen LogP contribution in [-0.2, 0) is 6.54 Å². The third-order valence-electron chi connectivity index (χ3n) is 2.69. The lowest BCUT2D eigenvalue weighted by Crippen LogP contribution is -2.23. The summed E-state index contributed by atoms with van der Waals surface area (Å²) in [6.45, 7) is 0.425. The van der Waals surface area contributed by atoms with Crippen LogP contribution in [0.1, 0.15) is 15.9 Å². The van der Waals surface area contributed by atoms with Crippen molar-refractivity contribution in [3.05, 3.63) is 56.4 Å². The summed E-state index contributed by atoms with van der Waals surface area (Å²) in [5.41, 5.74) is 1.40. The van der Waals surface area contributed by atoms with E-state index in [-0.39, 0.29) is 5.91 Å². The van der Waals surface area contributed by atoms with Crippen molar-refractivity contribution in [1.29, 1.82) is 0 Å². The van der Waals surface area contributed by atoms with E-state index in [1.54, 1.807) is 24.5 Å². The molecule has 0 saturated carbocycles. The topological polar surface area (TPSA) is 51.2 Å². The molecule has 0 bridgehead atoms. The molecule has 1 amide bonds. The number of aromatic nitrogens is 1. The van der Waals surface area contributed by atoms with Gasteiger partial charge >= 0.3 is 0 Å². The molecule has 6 heteroatoms. The molecule has 1 aromatic carbocycles. The van der Waals surface area contributed by atoms with Gasteiger partial charge in [0.25, 0.3) is 5.91 Å². The van der Waals surface area contributed by atoms with E-state index in [0.717, 1.165) is 9.13 Å². The molecule has 0 saturated heterocycles. The van der Waals surface area contributed by atoms with Crippen LogP contribution in [0.4, 0.5) is 0 Å². The maximum Gasteiger partial charge on any atom is 0.255 e. The van der Waals surface area contributed by atoms with Crippen molar-refractivity contribution in [2.75, 3.05) is 7.11 Å². The van der Waals surface area contributed by atoms with Crippen LogP contribution >= 0.6 is 34.2 Å².